The van der Waals surface area contributed by atoms with Crippen LogP contribution in [0.2, 0.25) is 0 Å². The first-order valence-corrected chi connectivity index (χ1v) is 8.16. The van der Waals surface area contributed by atoms with Crippen LogP contribution in [0.15, 0.2) is 10.7 Å². The summed E-state index contributed by atoms with van der Waals surface area (Å²) in [6, 6.07) is 0.211. The molecule has 4 nitrogen and oxygen atoms in total. The normalized spacial score (nSPS) is 28.9. The van der Waals surface area contributed by atoms with Gasteiger partial charge in [-0.05, 0) is 61.4 Å². The zero-order chi connectivity index (χ0) is 14.9. The van der Waals surface area contributed by atoms with E-state index in [4.69, 9.17) is 4.74 Å². The number of halogens is 1. The molecule has 1 aromatic heterocycles. The van der Waals surface area contributed by atoms with Crippen molar-refractivity contribution in [2.24, 2.45) is 5.92 Å². The summed E-state index contributed by atoms with van der Waals surface area (Å²) >= 11 is 3.52. The maximum atomic E-state index is 11.0. The van der Waals surface area contributed by atoms with Crippen molar-refractivity contribution < 1.29 is 9.84 Å². The second kappa shape index (κ2) is 6.16. The number of hydrogen-bond acceptors (Lipinski definition) is 3. The van der Waals surface area contributed by atoms with Gasteiger partial charge in [-0.3, -0.25) is 4.68 Å². The van der Waals surface area contributed by atoms with Crippen LogP contribution < -0.4 is 0 Å². The Morgan fingerprint density at radius 3 is 2.55 bits per heavy atom. The van der Waals surface area contributed by atoms with Gasteiger partial charge in [0.1, 0.15) is 6.10 Å². The molecule has 2 rings (SSSR count). The molecule has 0 aliphatic heterocycles. The van der Waals surface area contributed by atoms with E-state index in [1.807, 2.05) is 4.68 Å². The Balaban J connectivity index is 2.34. The zero-order valence-electron chi connectivity index (χ0n) is 12.8. The van der Waals surface area contributed by atoms with Gasteiger partial charge in [-0.1, -0.05) is 6.92 Å². The summed E-state index contributed by atoms with van der Waals surface area (Å²) < 4.78 is 8.53. The number of aliphatic hydroxyl groups is 1. The van der Waals surface area contributed by atoms with E-state index in [0.717, 1.165) is 35.8 Å². The van der Waals surface area contributed by atoms with Crippen LogP contribution in [0, 0.1) is 5.92 Å². The summed E-state index contributed by atoms with van der Waals surface area (Å²) in [7, 11) is 1.71. The molecule has 0 spiro atoms. The monoisotopic (exact) mass is 344 g/mol. The molecule has 1 unspecified atom stereocenters. The van der Waals surface area contributed by atoms with Gasteiger partial charge in [0.15, 0.2) is 0 Å². The number of aromatic nitrogens is 2. The minimum absolute atomic E-state index is 0.211. The van der Waals surface area contributed by atoms with Gasteiger partial charge in [0.05, 0.1) is 22.0 Å². The smallest absolute Gasteiger partial charge is 0.126 e. The van der Waals surface area contributed by atoms with Crippen LogP contribution in [0.25, 0.3) is 0 Å². The van der Waals surface area contributed by atoms with Crippen molar-refractivity contribution in [1.82, 2.24) is 9.78 Å². The minimum atomic E-state index is -0.653. The summed E-state index contributed by atoms with van der Waals surface area (Å²) in [5.74, 6) is 0.712. The average Bonchev–Trinajstić information content (AvgIpc) is 2.81. The Bertz CT molecular complexity index is 451. The zero-order valence-corrected chi connectivity index (χ0v) is 14.4. The van der Waals surface area contributed by atoms with E-state index in [-0.39, 0.29) is 6.04 Å². The Morgan fingerprint density at radius 1 is 1.45 bits per heavy atom. The van der Waals surface area contributed by atoms with Crippen molar-refractivity contribution in [3.63, 3.8) is 0 Å². The van der Waals surface area contributed by atoms with E-state index in [0.29, 0.717) is 5.92 Å². The first-order chi connectivity index (χ1) is 9.41. The van der Waals surface area contributed by atoms with Gasteiger partial charge in [-0.25, -0.2) is 0 Å². The highest BCUT2D eigenvalue weighted by Gasteiger charge is 2.43. The van der Waals surface area contributed by atoms with Crippen LogP contribution in [-0.4, -0.2) is 27.6 Å². The highest BCUT2D eigenvalue weighted by Crippen LogP contribution is 2.44. The largest absolute Gasteiger partial charge is 0.384 e. The number of rotatable bonds is 4. The fourth-order valence-corrected chi connectivity index (χ4v) is 3.60. The van der Waals surface area contributed by atoms with Crippen molar-refractivity contribution in [2.45, 2.75) is 64.2 Å². The number of ether oxygens (including phenoxy) is 1. The van der Waals surface area contributed by atoms with E-state index in [9.17, 15) is 5.11 Å². The predicted octanol–water partition coefficient (Wildman–Crippen LogP) is 3.86. The highest BCUT2D eigenvalue weighted by atomic mass is 79.9. The van der Waals surface area contributed by atoms with Gasteiger partial charge < -0.3 is 9.84 Å². The number of aliphatic hydroxyl groups excluding tert-OH is 1. The van der Waals surface area contributed by atoms with Crippen LogP contribution in [0.5, 0.6) is 0 Å². The molecule has 1 N–H and O–H groups in total. The molecule has 1 saturated carbocycles. The van der Waals surface area contributed by atoms with Gasteiger partial charge in [-0.2, -0.15) is 5.10 Å². The molecule has 1 aliphatic carbocycles. The maximum absolute atomic E-state index is 11.0. The van der Waals surface area contributed by atoms with Crippen molar-refractivity contribution in [2.75, 3.05) is 7.11 Å². The summed E-state index contributed by atoms with van der Waals surface area (Å²) in [5.41, 5.74) is 0.346. The lowest BCUT2D eigenvalue weighted by atomic mass is 9.75. The van der Waals surface area contributed by atoms with Crippen molar-refractivity contribution >= 4 is 15.9 Å². The standard InChI is InChI=1S/C15H25BrN2O2/c1-10(2)18-13(12(16)9-17-18)14(19)15(20-4)7-5-11(3)6-8-15/h9-11,14,19H,5-8H2,1-4H3. The SMILES string of the molecule is COC1(C(O)c2c(Br)cnn2C(C)C)CCC(C)CC1. The second-order valence-corrected chi connectivity index (χ2v) is 7.12. The molecule has 114 valence electrons. The molecule has 0 amide bonds. The summed E-state index contributed by atoms with van der Waals surface area (Å²) in [4.78, 5) is 0. The second-order valence-electron chi connectivity index (χ2n) is 6.27. The molecule has 1 heterocycles. The van der Waals surface area contributed by atoms with Crippen LogP contribution in [0.3, 0.4) is 0 Å². The molecule has 5 heteroatoms. The molecular weight excluding hydrogens is 320 g/mol. The lowest BCUT2D eigenvalue weighted by Crippen LogP contribution is -2.43. The molecular formula is C15H25BrN2O2. The van der Waals surface area contributed by atoms with E-state index in [2.05, 4.69) is 41.8 Å². The Hall–Kier alpha value is -0.390. The molecule has 1 aromatic rings. The van der Waals surface area contributed by atoms with Crippen molar-refractivity contribution in [1.29, 1.82) is 0 Å². The molecule has 1 aliphatic rings. The lowest BCUT2D eigenvalue weighted by molar-refractivity contribution is -0.133. The van der Waals surface area contributed by atoms with Gasteiger partial charge in [0.25, 0.3) is 0 Å². The van der Waals surface area contributed by atoms with Crippen LogP contribution in [-0.2, 0) is 4.74 Å². The molecule has 0 bridgehead atoms. The van der Waals surface area contributed by atoms with Crippen LogP contribution in [0.1, 0.15) is 64.3 Å². The Kier molecular flexibility index (Phi) is 4.92. The molecule has 0 saturated heterocycles. The van der Waals surface area contributed by atoms with E-state index < -0.39 is 11.7 Å². The molecule has 1 atom stereocenters. The van der Waals surface area contributed by atoms with E-state index >= 15 is 0 Å². The first kappa shape index (κ1) is 16.0. The van der Waals surface area contributed by atoms with Crippen LogP contribution in [0.4, 0.5) is 0 Å². The lowest BCUT2D eigenvalue weighted by Gasteiger charge is -2.42. The molecule has 0 radical (unpaired) electrons. The average molecular weight is 345 g/mol. The molecule has 20 heavy (non-hydrogen) atoms. The van der Waals surface area contributed by atoms with Gasteiger partial charge in [0, 0.05) is 13.2 Å². The van der Waals surface area contributed by atoms with Gasteiger partial charge in [0.2, 0.25) is 0 Å². The Labute approximate surface area is 129 Å². The van der Waals surface area contributed by atoms with E-state index in [1.165, 1.54) is 0 Å². The summed E-state index contributed by atoms with van der Waals surface area (Å²) in [5, 5.41) is 15.3. The quantitative estimate of drug-likeness (QED) is 0.902. The first-order valence-electron chi connectivity index (χ1n) is 7.37. The Morgan fingerprint density at radius 2 is 2.05 bits per heavy atom. The van der Waals surface area contributed by atoms with Gasteiger partial charge in [-0.15, -0.1) is 0 Å². The number of nitrogens with zero attached hydrogens (tertiary/aromatic N) is 2. The summed E-state index contributed by atoms with van der Waals surface area (Å²) in [6.07, 6.45) is 5.08. The van der Waals surface area contributed by atoms with E-state index in [1.54, 1.807) is 13.3 Å². The summed E-state index contributed by atoms with van der Waals surface area (Å²) in [6.45, 7) is 6.40. The molecule has 0 aromatic carbocycles. The topological polar surface area (TPSA) is 47.3 Å². The predicted molar refractivity (Wildman–Crippen MR) is 82.6 cm³/mol. The maximum Gasteiger partial charge on any atom is 0.126 e. The van der Waals surface area contributed by atoms with Crippen molar-refractivity contribution in [3.05, 3.63) is 16.4 Å². The fourth-order valence-electron chi connectivity index (χ4n) is 3.11. The fraction of sp³-hybridized carbons (Fsp3) is 0.800. The van der Waals surface area contributed by atoms with Crippen LogP contribution >= 0.6 is 15.9 Å². The third-order valence-corrected chi connectivity index (χ3v) is 5.17. The third-order valence-electron chi connectivity index (χ3n) is 4.56. The highest BCUT2D eigenvalue weighted by molar-refractivity contribution is 9.10. The number of methoxy groups -OCH3 is 1. The van der Waals surface area contributed by atoms with Gasteiger partial charge >= 0.3 is 0 Å². The van der Waals surface area contributed by atoms with Crippen molar-refractivity contribution in [3.8, 4) is 0 Å². The molecule has 1 fully saturated rings. The number of hydrogen-bond donors (Lipinski definition) is 1. The third kappa shape index (κ3) is 2.81. The minimum Gasteiger partial charge on any atom is -0.384 e.